The van der Waals surface area contributed by atoms with E-state index in [1.807, 2.05) is 38.1 Å². The first-order chi connectivity index (χ1) is 15.7. The highest BCUT2D eigenvalue weighted by atomic mass is 16.5. The highest BCUT2D eigenvalue weighted by Gasteiger charge is 2.43. The molecule has 0 saturated heterocycles. The number of amides is 2. The van der Waals surface area contributed by atoms with Crippen LogP contribution in [0.5, 0.6) is 0 Å². The highest BCUT2D eigenvalue weighted by molar-refractivity contribution is 5.79. The monoisotopic (exact) mass is 450 g/mol. The van der Waals surface area contributed by atoms with E-state index >= 15 is 0 Å². The van der Waals surface area contributed by atoms with E-state index in [1.165, 1.54) is 11.1 Å². The van der Waals surface area contributed by atoms with Crippen LogP contribution in [0.4, 0.5) is 4.79 Å². The van der Waals surface area contributed by atoms with Crippen LogP contribution in [0.15, 0.2) is 48.5 Å². The second kappa shape index (κ2) is 9.25. The maximum atomic E-state index is 12.4. The molecule has 0 unspecified atom stereocenters. The van der Waals surface area contributed by atoms with Crippen molar-refractivity contribution in [3.63, 3.8) is 0 Å². The Morgan fingerprint density at radius 1 is 1.00 bits per heavy atom. The van der Waals surface area contributed by atoms with Crippen LogP contribution in [0.1, 0.15) is 43.7 Å². The van der Waals surface area contributed by atoms with Crippen molar-refractivity contribution in [1.82, 2.24) is 10.6 Å². The Morgan fingerprint density at radius 2 is 1.61 bits per heavy atom. The number of hydrogen-bond donors (Lipinski definition) is 3. The Balaban J connectivity index is 1.23. The molecule has 2 aromatic carbocycles. The number of benzene rings is 2. The smallest absolute Gasteiger partial charge is 0.407 e. The summed E-state index contributed by atoms with van der Waals surface area (Å²) in [7, 11) is 0. The molecule has 2 amide bonds. The van der Waals surface area contributed by atoms with Crippen LogP contribution >= 0.6 is 0 Å². The molecule has 2 aliphatic carbocycles. The number of carbonyl (C=O) groups is 3. The Labute approximate surface area is 193 Å². The standard InChI is InChI=1S/C26H30N2O5/c1-26(2,12-23(29)27-13-16-11-21(16)24(30)31)15-28-25(32)33-14-22-19-9-5-3-7-17(19)18-8-4-6-10-20(18)22/h3-10,16,21-22H,11-15H2,1-2H3,(H,27,29)(H,28,32)(H,30,31)/t16-,21-/m1/s1. The van der Waals surface area contributed by atoms with Gasteiger partial charge in [-0.05, 0) is 40.0 Å². The van der Waals surface area contributed by atoms with E-state index in [4.69, 9.17) is 9.84 Å². The van der Waals surface area contributed by atoms with Crippen LogP contribution in [0.3, 0.4) is 0 Å². The molecule has 0 aromatic heterocycles. The molecular weight excluding hydrogens is 420 g/mol. The van der Waals surface area contributed by atoms with Crippen LogP contribution in [0.25, 0.3) is 11.1 Å². The van der Waals surface area contributed by atoms with Crippen LogP contribution in [0.2, 0.25) is 0 Å². The molecule has 1 fully saturated rings. The summed E-state index contributed by atoms with van der Waals surface area (Å²) in [4.78, 5) is 35.5. The van der Waals surface area contributed by atoms with E-state index in [0.717, 1.165) is 11.1 Å². The molecule has 2 aromatic rings. The van der Waals surface area contributed by atoms with Gasteiger partial charge in [-0.2, -0.15) is 0 Å². The topological polar surface area (TPSA) is 105 Å². The minimum Gasteiger partial charge on any atom is -0.481 e. The van der Waals surface area contributed by atoms with Gasteiger partial charge in [0.05, 0.1) is 5.92 Å². The Bertz CT molecular complexity index is 1020. The summed E-state index contributed by atoms with van der Waals surface area (Å²) < 4.78 is 5.56. The number of rotatable bonds is 9. The van der Waals surface area contributed by atoms with Gasteiger partial charge in [0, 0.05) is 25.4 Å². The first kappa shape index (κ1) is 22.8. The third kappa shape index (κ3) is 5.35. The Morgan fingerprint density at radius 3 is 2.18 bits per heavy atom. The van der Waals surface area contributed by atoms with Crippen molar-refractivity contribution in [2.24, 2.45) is 17.3 Å². The van der Waals surface area contributed by atoms with Crippen LogP contribution < -0.4 is 10.6 Å². The van der Waals surface area contributed by atoms with Gasteiger partial charge < -0.3 is 20.5 Å². The maximum absolute atomic E-state index is 12.4. The first-order valence-electron chi connectivity index (χ1n) is 11.3. The molecule has 0 spiro atoms. The fourth-order valence-corrected chi connectivity index (χ4v) is 4.54. The largest absolute Gasteiger partial charge is 0.481 e. The summed E-state index contributed by atoms with van der Waals surface area (Å²) in [5.41, 5.74) is 4.20. The molecular formula is C26H30N2O5. The summed E-state index contributed by atoms with van der Waals surface area (Å²) in [6.45, 7) is 4.71. The van der Waals surface area contributed by atoms with Crippen molar-refractivity contribution in [2.45, 2.75) is 32.6 Å². The van der Waals surface area contributed by atoms with Crippen LogP contribution in [-0.4, -0.2) is 42.8 Å². The SMILES string of the molecule is CC(C)(CNC(=O)OCC1c2ccccc2-c2ccccc21)CC(=O)NC[C@H]1C[C@H]1C(=O)O. The van der Waals surface area contributed by atoms with Crippen molar-refractivity contribution in [3.05, 3.63) is 59.7 Å². The number of aliphatic carboxylic acids is 1. The van der Waals surface area contributed by atoms with Gasteiger partial charge in [0.2, 0.25) is 5.91 Å². The van der Waals surface area contributed by atoms with E-state index < -0.39 is 17.5 Å². The number of hydrogen-bond acceptors (Lipinski definition) is 4. The third-order valence-electron chi connectivity index (χ3n) is 6.50. The lowest BCUT2D eigenvalue weighted by atomic mass is 9.89. The van der Waals surface area contributed by atoms with Gasteiger partial charge in [-0.3, -0.25) is 9.59 Å². The average molecular weight is 451 g/mol. The van der Waals surface area contributed by atoms with Crippen LogP contribution in [-0.2, 0) is 14.3 Å². The molecule has 0 heterocycles. The maximum Gasteiger partial charge on any atom is 0.407 e. The van der Waals surface area contributed by atoms with Crippen molar-refractivity contribution >= 4 is 18.0 Å². The average Bonchev–Trinajstić information content (AvgIpc) is 3.51. The number of fused-ring (bicyclic) bond motifs is 3. The second-order valence-corrected chi connectivity index (χ2v) is 9.76. The van der Waals surface area contributed by atoms with Gasteiger partial charge >= 0.3 is 12.1 Å². The van der Waals surface area contributed by atoms with Crippen molar-refractivity contribution in [2.75, 3.05) is 19.7 Å². The molecule has 7 heteroatoms. The predicted octanol–water partition coefficient (Wildman–Crippen LogP) is 3.78. The molecule has 3 N–H and O–H groups in total. The molecule has 33 heavy (non-hydrogen) atoms. The molecule has 4 rings (SSSR count). The quantitative estimate of drug-likeness (QED) is 0.539. The zero-order chi connectivity index (χ0) is 23.6. The molecule has 174 valence electrons. The molecule has 2 atom stereocenters. The number of carboxylic acids is 1. The fourth-order valence-electron chi connectivity index (χ4n) is 4.54. The lowest BCUT2D eigenvalue weighted by molar-refractivity contribution is -0.139. The predicted molar refractivity (Wildman–Crippen MR) is 124 cm³/mol. The second-order valence-electron chi connectivity index (χ2n) is 9.76. The summed E-state index contributed by atoms with van der Waals surface area (Å²) >= 11 is 0. The number of carboxylic acid groups (broad SMARTS) is 1. The number of nitrogens with one attached hydrogen (secondary N) is 2. The summed E-state index contributed by atoms with van der Waals surface area (Å²) in [5.74, 6) is -1.27. The highest BCUT2D eigenvalue weighted by Crippen LogP contribution is 2.44. The number of ether oxygens (including phenoxy) is 1. The molecule has 0 aliphatic heterocycles. The van der Waals surface area contributed by atoms with E-state index in [2.05, 4.69) is 34.9 Å². The van der Waals surface area contributed by atoms with E-state index in [9.17, 15) is 14.4 Å². The van der Waals surface area contributed by atoms with Crippen molar-refractivity contribution in [3.8, 4) is 11.1 Å². The lowest BCUT2D eigenvalue weighted by Crippen LogP contribution is -2.38. The summed E-state index contributed by atoms with van der Waals surface area (Å²) in [6.07, 6.45) is 0.330. The summed E-state index contributed by atoms with van der Waals surface area (Å²) in [6, 6.07) is 16.3. The minimum atomic E-state index is -0.804. The zero-order valence-electron chi connectivity index (χ0n) is 19.0. The normalized spacial score (nSPS) is 18.7. The van der Waals surface area contributed by atoms with Gasteiger partial charge in [-0.15, -0.1) is 0 Å². The third-order valence-corrected chi connectivity index (χ3v) is 6.50. The van der Waals surface area contributed by atoms with Crippen LogP contribution in [0, 0.1) is 17.3 Å². The molecule has 1 saturated carbocycles. The van der Waals surface area contributed by atoms with E-state index in [-0.39, 0.29) is 43.2 Å². The lowest BCUT2D eigenvalue weighted by Gasteiger charge is -2.24. The van der Waals surface area contributed by atoms with Gasteiger partial charge in [-0.1, -0.05) is 62.4 Å². The van der Waals surface area contributed by atoms with E-state index in [1.54, 1.807) is 0 Å². The Hall–Kier alpha value is -3.35. The first-order valence-corrected chi connectivity index (χ1v) is 11.3. The van der Waals surface area contributed by atoms with Gasteiger partial charge in [0.15, 0.2) is 0 Å². The molecule has 7 nitrogen and oxygen atoms in total. The minimum absolute atomic E-state index is 0.000935. The molecule has 0 bridgehead atoms. The van der Waals surface area contributed by atoms with Gasteiger partial charge in [0.1, 0.15) is 6.61 Å². The van der Waals surface area contributed by atoms with Crippen molar-refractivity contribution < 1.29 is 24.2 Å². The number of carbonyl (C=O) groups excluding carboxylic acids is 2. The zero-order valence-corrected chi connectivity index (χ0v) is 19.0. The fraction of sp³-hybridized carbons (Fsp3) is 0.423. The van der Waals surface area contributed by atoms with Gasteiger partial charge in [0.25, 0.3) is 0 Å². The molecule has 2 aliphatic rings. The van der Waals surface area contributed by atoms with Gasteiger partial charge in [-0.25, -0.2) is 4.79 Å². The van der Waals surface area contributed by atoms with E-state index in [0.29, 0.717) is 13.0 Å². The summed E-state index contributed by atoms with van der Waals surface area (Å²) in [5, 5.41) is 14.5. The molecule has 0 radical (unpaired) electrons. The number of alkyl carbamates (subject to hydrolysis) is 1. The Kier molecular flexibility index (Phi) is 6.40. The van der Waals surface area contributed by atoms with Crippen molar-refractivity contribution in [1.29, 1.82) is 0 Å².